The van der Waals surface area contributed by atoms with Crippen molar-refractivity contribution in [2.45, 2.75) is 0 Å². The van der Waals surface area contributed by atoms with Crippen LogP contribution in [-0.4, -0.2) is 22.1 Å². The molecule has 0 atom stereocenters. The Bertz CT molecular complexity index is 492. The van der Waals surface area contributed by atoms with E-state index < -0.39 is 5.69 Å². The predicted molar refractivity (Wildman–Crippen MR) is 46.7 cm³/mol. The summed E-state index contributed by atoms with van der Waals surface area (Å²) in [5.41, 5.74) is 0.0300. The Labute approximate surface area is 73.4 Å². The van der Waals surface area contributed by atoms with E-state index in [2.05, 4.69) is 15.0 Å². The quantitative estimate of drug-likeness (QED) is 0.681. The van der Waals surface area contributed by atoms with Gasteiger partial charge in [-0.3, -0.25) is 4.98 Å². The molecule has 0 aliphatic heterocycles. The highest BCUT2D eigenvalue weighted by Gasteiger charge is 2.03. The molecule has 0 spiro atoms. The van der Waals surface area contributed by atoms with Gasteiger partial charge in [0.1, 0.15) is 5.65 Å². The van der Waals surface area contributed by atoms with Crippen LogP contribution in [0.5, 0.6) is 5.88 Å². The van der Waals surface area contributed by atoms with Crippen LogP contribution < -0.4 is 10.4 Å². The van der Waals surface area contributed by atoms with E-state index in [-0.39, 0.29) is 0 Å². The number of nitrogens with one attached hydrogen (secondary N) is 1. The second kappa shape index (κ2) is 2.85. The molecule has 0 fully saturated rings. The number of aromatic nitrogens is 3. The molecule has 0 aromatic carbocycles. The average Bonchev–Trinajstić information content (AvgIpc) is 2.16. The molecule has 0 radical (unpaired) electrons. The zero-order chi connectivity index (χ0) is 9.26. The summed E-state index contributed by atoms with van der Waals surface area (Å²) in [5.74, 6) is 0.298. The van der Waals surface area contributed by atoms with E-state index in [1.165, 1.54) is 7.11 Å². The largest absolute Gasteiger partial charge is 0.480 e. The third-order valence-electron chi connectivity index (χ3n) is 1.66. The Morgan fingerprint density at radius 1 is 1.54 bits per heavy atom. The Balaban J connectivity index is 2.89. The molecule has 2 rings (SSSR count). The monoisotopic (exact) mass is 177 g/mol. The minimum Gasteiger partial charge on any atom is -0.480 e. The molecule has 0 saturated carbocycles. The van der Waals surface area contributed by atoms with E-state index in [1.807, 2.05) is 0 Å². The van der Waals surface area contributed by atoms with Crippen LogP contribution in [0, 0.1) is 0 Å². The lowest BCUT2D eigenvalue weighted by atomic mass is 10.3. The van der Waals surface area contributed by atoms with Gasteiger partial charge in [-0.05, 0) is 12.1 Å². The van der Waals surface area contributed by atoms with Crippen LogP contribution in [-0.2, 0) is 0 Å². The number of hydrogen-bond acceptors (Lipinski definition) is 4. The lowest BCUT2D eigenvalue weighted by molar-refractivity contribution is 0.401. The normalized spacial score (nSPS) is 10.2. The molecule has 0 unspecified atom stereocenters. The topological polar surface area (TPSA) is 67.9 Å². The highest BCUT2D eigenvalue weighted by molar-refractivity contribution is 5.79. The summed E-state index contributed by atoms with van der Waals surface area (Å²) in [5, 5.41) is 0.699. The van der Waals surface area contributed by atoms with Crippen molar-refractivity contribution < 1.29 is 4.74 Å². The Morgan fingerprint density at radius 2 is 2.38 bits per heavy atom. The number of rotatable bonds is 1. The smallest absolute Gasteiger partial charge is 0.349 e. The summed E-state index contributed by atoms with van der Waals surface area (Å²) >= 11 is 0. The van der Waals surface area contributed by atoms with Crippen LogP contribution >= 0.6 is 0 Å². The number of methoxy groups -OCH3 is 1. The van der Waals surface area contributed by atoms with Gasteiger partial charge in [0.15, 0.2) is 0 Å². The first-order valence-corrected chi connectivity index (χ1v) is 3.70. The van der Waals surface area contributed by atoms with Crippen LogP contribution in [0.1, 0.15) is 0 Å². The standard InChI is InChI=1S/C8H7N3O2/c1-13-7-5-3-2-4-9-6(5)10-8(12)11-7/h2-4H,1H3,(H,9,10,11,12). The summed E-state index contributed by atoms with van der Waals surface area (Å²) in [6.45, 7) is 0. The van der Waals surface area contributed by atoms with Gasteiger partial charge in [0.2, 0.25) is 5.88 Å². The maximum absolute atomic E-state index is 11.0. The molecular weight excluding hydrogens is 170 g/mol. The van der Waals surface area contributed by atoms with Crippen molar-refractivity contribution in [2.24, 2.45) is 0 Å². The molecule has 2 aromatic rings. The van der Waals surface area contributed by atoms with Crippen molar-refractivity contribution in [3.8, 4) is 5.88 Å². The molecule has 5 nitrogen and oxygen atoms in total. The first-order chi connectivity index (χ1) is 6.31. The van der Waals surface area contributed by atoms with Crippen LogP contribution in [0.2, 0.25) is 0 Å². The molecule has 0 amide bonds. The fraction of sp³-hybridized carbons (Fsp3) is 0.125. The van der Waals surface area contributed by atoms with E-state index in [9.17, 15) is 4.79 Å². The molecule has 2 heterocycles. The lowest BCUT2D eigenvalue weighted by Gasteiger charge is -2.00. The van der Waals surface area contributed by atoms with Gasteiger partial charge in [-0.2, -0.15) is 4.98 Å². The molecule has 5 heteroatoms. The highest BCUT2D eigenvalue weighted by atomic mass is 16.5. The molecule has 0 saturated heterocycles. The summed E-state index contributed by atoms with van der Waals surface area (Å²) < 4.78 is 4.94. The van der Waals surface area contributed by atoms with E-state index >= 15 is 0 Å². The summed E-state index contributed by atoms with van der Waals surface area (Å²) in [4.78, 5) is 21.1. The fourth-order valence-electron chi connectivity index (χ4n) is 1.11. The van der Waals surface area contributed by atoms with Crippen LogP contribution in [0.25, 0.3) is 11.0 Å². The molecule has 2 aromatic heterocycles. The number of H-pyrrole nitrogens is 1. The minimum absolute atomic E-state index is 0.298. The second-order valence-electron chi connectivity index (χ2n) is 2.45. The van der Waals surface area contributed by atoms with Gasteiger partial charge in [0.05, 0.1) is 12.5 Å². The van der Waals surface area contributed by atoms with Crippen LogP contribution in [0.4, 0.5) is 0 Å². The van der Waals surface area contributed by atoms with Gasteiger partial charge in [-0.1, -0.05) is 0 Å². The van der Waals surface area contributed by atoms with Gasteiger partial charge in [-0.25, -0.2) is 9.78 Å². The number of pyridine rings is 1. The molecule has 1 N–H and O–H groups in total. The van der Waals surface area contributed by atoms with Crippen molar-refractivity contribution in [1.29, 1.82) is 0 Å². The van der Waals surface area contributed by atoms with Gasteiger partial charge in [0.25, 0.3) is 0 Å². The maximum Gasteiger partial charge on any atom is 0.349 e. The Hall–Kier alpha value is -1.91. The van der Waals surface area contributed by atoms with Crippen molar-refractivity contribution in [2.75, 3.05) is 7.11 Å². The van der Waals surface area contributed by atoms with Crippen molar-refractivity contribution >= 4 is 11.0 Å². The summed E-state index contributed by atoms with van der Waals surface area (Å²) in [6.07, 6.45) is 1.59. The minimum atomic E-state index is -0.456. The number of fused-ring (bicyclic) bond motifs is 1. The molecule has 66 valence electrons. The molecule has 0 bridgehead atoms. The maximum atomic E-state index is 11.0. The van der Waals surface area contributed by atoms with Gasteiger partial charge >= 0.3 is 5.69 Å². The zero-order valence-corrected chi connectivity index (χ0v) is 6.94. The predicted octanol–water partition coefficient (Wildman–Crippen LogP) is 0.327. The molecule has 0 aliphatic rings. The zero-order valence-electron chi connectivity index (χ0n) is 6.94. The van der Waals surface area contributed by atoms with Crippen LogP contribution in [0.3, 0.4) is 0 Å². The van der Waals surface area contributed by atoms with Gasteiger partial charge in [-0.15, -0.1) is 0 Å². The number of nitrogens with zero attached hydrogens (tertiary/aromatic N) is 2. The van der Waals surface area contributed by atoms with Crippen molar-refractivity contribution in [3.05, 3.63) is 28.8 Å². The van der Waals surface area contributed by atoms with Crippen molar-refractivity contribution in [3.63, 3.8) is 0 Å². The summed E-state index contributed by atoms with van der Waals surface area (Å²) in [7, 11) is 1.47. The average molecular weight is 177 g/mol. The second-order valence-corrected chi connectivity index (χ2v) is 2.45. The first kappa shape index (κ1) is 7.72. The number of hydrogen-bond donors (Lipinski definition) is 1. The van der Waals surface area contributed by atoms with E-state index in [0.29, 0.717) is 16.9 Å². The van der Waals surface area contributed by atoms with Gasteiger partial charge in [0, 0.05) is 6.20 Å². The molecule has 0 aliphatic carbocycles. The van der Waals surface area contributed by atoms with E-state index in [0.717, 1.165) is 0 Å². The number of ether oxygens (including phenoxy) is 1. The third kappa shape index (κ3) is 1.24. The number of aromatic amines is 1. The highest BCUT2D eigenvalue weighted by Crippen LogP contribution is 2.16. The van der Waals surface area contributed by atoms with E-state index in [1.54, 1.807) is 18.3 Å². The third-order valence-corrected chi connectivity index (χ3v) is 1.66. The lowest BCUT2D eigenvalue weighted by Crippen LogP contribution is -2.11. The Morgan fingerprint density at radius 3 is 3.15 bits per heavy atom. The summed E-state index contributed by atoms with van der Waals surface area (Å²) in [6, 6.07) is 3.54. The van der Waals surface area contributed by atoms with E-state index in [4.69, 9.17) is 4.74 Å². The van der Waals surface area contributed by atoms with Crippen LogP contribution in [0.15, 0.2) is 23.1 Å². The first-order valence-electron chi connectivity index (χ1n) is 3.70. The molecular formula is C8H7N3O2. The SMILES string of the molecule is COc1nc(=O)[nH]c2ncccc12. The fourth-order valence-corrected chi connectivity index (χ4v) is 1.11. The van der Waals surface area contributed by atoms with Gasteiger partial charge < -0.3 is 4.74 Å². The Kier molecular flexibility index (Phi) is 1.70. The molecule has 13 heavy (non-hydrogen) atoms. The van der Waals surface area contributed by atoms with Crippen molar-refractivity contribution in [1.82, 2.24) is 15.0 Å².